The zero-order chi connectivity index (χ0) is 11.4. The van der Waals surface area contributed by atoms with Crippen molar-refractivity contribution in [2.45, 2.75) is 6.54 Å². The molecule has 2 heterocycles. The Balaban J connectivity index is 2.22. The number of hydrogen-bond donors (Lipinski definition) is 0. The number of hydrogen-bond acceptors (Lipinski definition) is 4. The van der Waals surface area contributed by atoms with Gasteiger partial charge in [0, 0.05) is 31.3 Å². The molecule has 0 bridgehead atoms. The second-order valence-corrected chi connectivity index (χ2v) is 3.23. The molecule has 0 saturated carbocycles. The molecule has 5 heteroatoms. The zero-order valence-corrected chi connectivity index (χ0v) is 8.83. The lowest BCUT2D eigenvalue weighted by atomic mass is 10.3. The van der Waals surface area contributed by atoms with Gasteiger partial charge in [-0.05, 0) is 17.7 Å². The SMILES string of the molecule is COC(=O)c1nccn1Cc1ccncc1. The molecule has 0 spiro atoms. The third-order valence-corrected chi connectivity index (χ3v) is 2.19. The molecule has 0 aliphatic heterocycles. The monoisotopic (exact) mass is 217 g/mol. The first-order valence-corrected chi connectivity index (χ1v) is 4.79. The Morgan fingerprint density at radius 3 is 2.81 bits per heavy atom. The molecule has 0 aliphatic rings. The molecule has 0 saturated heterocycles. The Bertz CT molecular complexity index is 479. The lowest BCUT2D eigenvalue weighted by molar-refractivity contribution is 0.0582. The summed E-state index contributed by atoms with van der Waals surface area (Å²) in [6.07, 6.45) is 6.74. The average Bonchev–Trinajstić information content (AvgIpc) is 2.77. The van der Waals surface area contributed by atoms with Gasteiger partial charge in [-0.3, -0.25) is 4.98 Å². The third kappa shape index (κ3) is 2.08. The molecule has 0 aliphatic carbocycles. The first kappa shape index (κ1) is 10.4. The largest absolute Gasteiger partial charge is 0.463 e. The molecule has 0 aromatic carbocycles. The van der Waals surface area contributed by atoms with Crippen LogP contribution in [0.4, 0.5) is 0 Å². The van der Waals surface area contributed by atoms with Crippen molar-refractivity contribution in [1.29, 1.82) is 0 Å². The van der Waals surface area contributed by atoms with E-state index in [0.717, 1.165) is 5.56 Å². The third-order valence-electron chi connectivity index (χ3n) is 2.19. The van der Waals surface area contributed by atoms with Gasteiger partial charge in [0.2, 0.25) is 5.82 Å². The Morgan fingerprint density at radius 1 is 1.38 bits per heavy atom. The second-order valence-electron chi connectivity index (χ2n) is 3.23. The van der Waals surface area contributed by atoms with Crippen molar-refractivity contribution in [3.05, 3.63) is 48.3 Å². The van der Waals surface area contributed by atoms with E-state index in [2.05, 4.69) is 14.7 Å². The fourth-order valence-electron chi connectivity index (χ4n) is 1.40. The predicted octanol–water partition coefficient (Wildman–Crippen LogP) is 1.11. The fourth-order valence-corrected chi connectivity index (χ4v) is 1.40. The van der Waals surface area contributed by atoms with Gasteiger partial charge in [0.05, 0.1) is 7.11 Å². The Hall–Kier alpha value is -2.17. The van der Waals surface area contributed by atoms with Crippen LogP contribution in [0.25, 0.3) is 0 Å². The van der Waals surface area contributed by atoms with Gasteiger partial charge in [0.1, 0.15) is 0 Å². The number of methoxy groups -OCH3 is 1. The second kappa shape index (κ2) is 4.57. The standard InChI is InChI=1S/C11H11N3O2/c1-16-11(15)10-13-6-7-14(10)8-9-2-4-12-5-3-9/h2-7H,8H2,1H3. The van der Waals surface area contributed by atoms with E-state index in [9.17, 15) is 4.79 Å². The van der Waals surface area contributed by atoms with E-state index < -0.39 is 5.97 Å². The van der Waals surface area contributed by atoms with Gasteiger partial charge in [-0.15, -0.1) is 0 Å². The van der Waals surface area contributed by atoms with Crippen molar-refractivity contribution >= 4 is 5.97 Å². The number of pyridine rings is 1. The Labute approximate surface area is 92.7 Å². The number of esters is 1. The minimum Gasteiger partial charge on any atom is -0.463 e. The van der Waals surface area contributed by atoms with Crippen LogP contribution in [-0.4, -0.2) is 27.6 Å². The molecule has 0 N–H and O–H groups in total. The van der Waals surface area contributed by atoms with Crippen LogP contribution in [0.15, 0.2) is 36.9 Å². The quantitative estimate of drug-likeness (QED) is 0.723. The summed E-state index contributed by atoms with van der Waals surface area (Å²) in [5.74, 6) is -0.127. The zero-order valence-electron chi connectivity index (χ0n) is 8.83. The molecule has 82 valence electrons. The number of carbonyl (C=O) groups excluding carboxylic acids is 1. The summed E-state index contributed by atoms with van der Waals surface area (Å²) in [6.45, 7) is 0.576. The van der Waals surface area contributed by atoms with E-state index in [0.29, 0.717) is 12.4 Å². The smallest absolute Gasteiger partial charge is 0.374 e. The van der Waals surface area contributed by atoms with Crippen LogP contribution in [0.3, 0.4) is 0 Å². The van der Waals surface area contributed by atoms with Crippen LogP contribution in [-0.2, 0) is 11.3 Å². The highest BCUT2D eigenvalue weighted by atomic mass is 16.5. The van der Waals surface area contributed by atoms with E-state index in [4.69, 9.17) is 0 Å². The normalized spacial score (nSPS) is 10.1. The van der Waals surface area contributed by atoms with E-state index in [1.54, 1.807) is 29.4 Å². The number of rotatable bonds is 3. The minimum absolute atomic E-state index is 0.305. The van der Waals surface area contributed by atoms with Crippen molar-refractivity contribution in [3.63, 3.8) is 0 Å². The van der Waals surface area contributed by atoms with E-state index in [1.165, 1.54) is 7.11 Å². The summed E-state index contributed by atoms with van der Waals surface area (Å²) in [5.41, 5.74) is 1.05. The Morgan fingerprint density at radius 2 is 2.12 bits per heavy atom. The van der Waals surface area contributed by atoms with E-state index in [-0.39, 0.29) is 0 Å². The van der Waals surface area contributed by atoms with Crippen LogP contribution in [0.1, 0.15) is 16.2 Å². The highest BCUT2D eigenvalue weighted by Gasteiger charge is 2.12. The number of carbonyl (C=O) groups is 1. The molecule has 2 aromatic rings. The first-order valence-electron chi connectivity index (χ1n) is 4.79. The van der Waals surface area contributed by atoms with Gasteiger partial charge in [-0.2, -0.15) is 0 Å². The van der Waals surface area contributed by atoms with Crippen molar-refractivity contribution in [2.75, 3.05) is 7.11 Å². The topological polar surface area (TPSA) is 57.0 Å². The molecule has 5 nitrogen and oxygen atoms in total. The van der Waals surface area contributed by atoms with Crippen LogP contribution in [0.5, 0.6) is 0 Å². The lowest BCUT2D eigenvalue weighted by Crippen LogP contribution is -2.12. The molecule has 0 unspecified atom stereocenters. The maximum absolute atomic E-state index is 11.4. The van der Waals surface area contributed by atoms with Gasteiger partial charge in [0.15, 0.2) is 0 Å². The van der Waals surface area contributed by atoms with Gasteiger partial charge >= 0.3 is 5.97 Å². The van der Waals surface area contributed by atoms with E-state index >= 15 is 0 Å². The Kier molecular flexibility index (Phi) is 2.95. The van der Waals surface area contributed by atoms with Crippen molar-refractivity contribution in [3.8, 4) is 0 Å². The number of imidazole rings is 1. The molecule has 2 aromatic heterocycles. The predicted molar refractivity (Wildman–Crippen MR) is 56.9 cm³/mol. The van der Waals surface area contributed by atoms with Gasteiger partial charge in [-0.25, -0.2) is 9.78 Å². The summed E-state index contributed by atoms with van der Waals surface area (Å²) in [5, 5.41) is 0. The fraction of sp³-hybridized carbons (Fsp3) is 0.182. The van der Waals surface area contributed by atoms with Crippen molar-refractivity contribution in [2.24, 2.45) is 0 Å². The van der Waals surface area contributed by atoms with Gasteiger partial charge in [0.25, 0.3) is 0 Å². The van der Waals surface area contributed by atoms with Crippen LogP contribution < -0.4 is 0 Å². The number of nitrogens with zero attached hydrogens (tertiary/aromatic N) is 3. The van der Waals surface area contributed by atoms with Crippen LogP contribution in [0, 0.1) is 0 Å². The minimum atomic E-state index is -0.431. The molecule has 0 radical (unpaired) electrons. The molecule has 0 atom stereocenters. The van der Waals surface area contributed by atoms with Crippen LogP contribution in [0.2, 0.25) is 0 Å². The molecule has 2 rings (SSSR count). The first-order chi connectivity index (χ1) is 7.81. The maximum Gasteiger partial charge on any atom is 0.374 e. The summed E-state index contributed by atoms with van der Waals surface area (Å²) in [7, 11) is 1.34. The summed E-state index contributed by atoms with van der Waals surface area (Å²) < 4.78 is 6.38. The van der Waals surface area contributed by atoms with E-state index in [1.807, 2.05) is 12.1 Å². The lowest BCUT2D eigenvalue weighted by Gasteiger charge is -2.05. The van der Waals surface area contributed by atoms with Crippen LogP contribution >= 0.6 is 0 Å². The highest BCUT2D eigenvalue weighted by molar-refractivity contribution is 5.85. The van der Waals surface area contributed by atoms with Gasteiger partial charge < -0.3 is 9.30 Å². The van der Waals surface area contributed by atoms with Gasteiger partial charge in [-0.1, -0.05) is 0 Å². The average molecular weight is 217 g/mol. The number of ether oxygens (including phenoxy) is 1. The highest BCUT2D eigenvalue weighted by Crippen LogP contribution is 2.05. The molecular formula is C11H11N3O2. The molecule has 0 amide bonds. The summed E-state index contributed by atoms with van der Waals surface area (Å²) in [4.78, 5) is 19.3. The van der Waals surface area contributed by atoms with Crippen molar-refractivity contribution < 1.29 is 9.53 Å². The summed E-state index contributed by atoms with van der Waals surface area (Å²) in [6, 6.07) is 3.78. The molecule has 16 heavy (non-hydrogen) atoms. The molecular weight excluding hydrogens is 206 g/mol. The molecule has 0 fully saturated rings. The number of aromatic nitrogens is 3. The maximum atomic E-state index is 11.4. The van der Waals surface area contributed by atoms with Crippen molar-refractivity contribution in [1.82, 2.24) is 14.5 Å². The summed E-state index contributed by atoms with van der Waals surface area (Å²) >= 11 is 0.